The van der Waals surface area contributed by atoms with Crippen molar-refractivity contribution in [3.8, 4) is 40.2 Å². The molecule has 29 heteroatoms. The van der Waals surface area contributed by atoms with Crippen LogP contribution < -0.4 is 79.8 Å². The van der Waals surface area contributed by atoms with Crippen molar-refractivity contribution in [3.63, 3.8) is 0 Å². The first kappa shape index (κ1) is 104. The van der Waals surface area contributed by atoms with Crippen LogP contribution in [-0.2, 0) is 104 Å². The summed E-state index contributed by atoms with van der Waals surface area (Å²) in [7, 11) is 26.1. The van der Waals surface area contributed by atoms with Crippen molar-refractivity contribution < 1.29 is 150 Å². The molecule has 2 saturated heterocycles. The second-order valence-corrected chi connectivity index (χ2v) is 42.1. The molecular formula is C79H100Br3Cl3CrInKN2O18. The number of methoxy groups -OCH3 is 6. The molecule has 16 rings (SSSR count). The topological polar surface area (TPSA) is 285 Å². The number of phenolic OH excluding ortho intramolecular Hbond substituents is 1. The summed E-state index contributed by atoms with van der Waals surface area (Å²) in [5.41, 5.74) is 16.8. The maximum atomic E-state index is 11.2. The number of halogens is 6. The molecule has 7 aromatic rings. The number of epoxide rings is 1. The van der Waals surface area contributed by atoms with Gasteiger partial charge in [-0.25, -0.2) is 8.72 Å². The van der Waals surface area contributed by atoms with Gasteiger partial charge in [0.1, 0.15) is 57.7 Å². The number of nitrogens with zero attached hydrogens (tertiary/aromatic N) is 2. The van der Waals surface area contributed by atoms with Crippen LogP contribution in [0.3, 0.4) is 0 Å². The number of allylic oxidation sites excluding steroid dienone is 1. The summed E-state index contributed by atoms with van der Waals surface area (Å²) in [4.78, 5) is 44.7. The van der Waals surface area contributed by atoms with Crippen LogP contribution in [0.4, 0.5) is 4.79 Å². The Morgan fingerprint density at radius 1 is 0.537 bits per heavy atom. The first-order chi connectivity index (χ1) is 48.7. The molecule has 9 aliphatic rings. The Hall–Kier alpha value is -4.25. The predicted octanol–water partition coefficient (Wildman–Crippen LogP) is 15.2. The Morgan fingerprint density at radius 3 is 1.44 bits per heavy atom. The Balaban J connectivity index is 0.00000118. The molecule has 3 amide bonds. The monoisotopic (exact) mass is 1910 g/mol. The third-order valence-corrected chi connectivity index (χ3v) is 20.1. The molecule has 7 aliphatic carbocycles. The number of amides is 3. The van der Waals surface area contributed by atoms with Crippen molar-refractivity contribution in [3.05, 3.63) is 211 Å². The van der Waals surface area contributed by atoms with Gasteiger partial charge in [-0.2, -0.15) is 3.93 Å². The number of urea groups is 1. The fraction of sp³-hybridized carbons (Fsp3) is 0.392. The van der Waals surface area contributed by atoms with Gasteiger partial charge in [0.15, 0.2) is 5.78 Å². The molecule has 2 heterocycles. The Kier molecular flexibility index (Phi) is 49.5. The summed E-state index contributed by atoms with van der Waals surface area (Å²) in [6, 6.07) is 41.3. The number of hydrogen-bond donors (Lipinski definition) is 3. The number of rotatable bonds is 6. The summed E-state index contributed by atoms with van der Waals surface area (Å²) in [5, 5.41) is 25.8. The number of phenols is 1. The van der Waals surface area contributed by atoms with Crippen molar-refractivity contribution >= 4 is 121 Å². The molecule has 2 fully saturated rings. The van der Waals surface area contributed by atoms with Crippen LogP contribution in [0.15, 0.2) is 133 Å². The molecule has 0 aromatic heterocycles. The van der Waals surface area contributed by atoms with E-state index in [2.05, 4.69) is 96.8 Å². The molecule has 20 nitrogen and oxygen atoms in total. The fourth-order valence-electron chi connectivity index (χ4n) is 12.1. The van der Waals surface area contributed by atoms with E-state index in [0.29, 0.717) is 43.0 Å². The number of aliphatic hydroxyl groups excluding tert-OH is 2. The zero-order valence-electron chi connectivity index (χ0n) is 59.4. The number of aromatic hydroxyl groups is 1. The van der Waals surface area contributed by atoms with Crippen LogP contribution in [0.5, 0.6) is 40.2 Å². The minimum atomic E-state index is -3.79. The maximum absolute atomic E-state index is 11.2. The second-order valence-electron chi connectivity index (χ2n) is 24.2. The number of ether oxygens (including phenoxy) is 7. The molecule has 0 saturated carbocycles. The van der Waals surface area contributed by atoms with E-state index >= 15 is 0 Å². The van der Waals surface area contributed by atoms with Gasteiger partial charge >= 0.3 is 126 Å². The van der Waals surface area contributed by atoms with Gasteiger partial charge in [0.05, 0.1) is 87.2 Å². The Labute approximate surface area is 727 Å². The van der Waals surface area contributed by atoms with Gasteiger partial charge in [-0.15, -0.1) is 0 Å². The van der Waals surface area contributed by atoms with Crippen molar-refractivity contribution in [1.82, 2.24) is 7.85 Å². The second kappa shape index (κ2) is 51.5. The third-order valence-electron chi connectivity index (χ3n) is 17.4. The summed E-state index contributed by atoms with van der Waals surface area (Å²) in [5.74, 6) is 6.11. The number of ketones is 2. The SMILES string of the molecule is C.C.C.C.CC1(C)C(=O)N(Br)C(=O)N1Br.CO.COc1ccc2c(c1)CC(=O)C2.COc1ccc2c(c1)CC1OC21.COc1ccc2c(c1)CC=C2.COc1ccc2c(c1)CCC2.COc1ccc2c(c1)CCC2=O.COc1ccc2c(c1)C[C@H](Br)[C@H]2O.Oc1ccc2c(c1)CCC2.[Cl][In]([Cl])[Cl].[K+].[OH-].[O]=[Cr](=[O])=[O]. The van der Waals surface area contributed by atoms with E-state index in [0.717, 1.165) is 105 Å². The van der Waals surface area contributed by atoms with Crippen LogP contribution in [0.25, 0.3) is 6.08 Å². The molecule has 4 N–H and O–H groups in total. The zero-order chi connectivity index (χ0) is 75.0. The number of fused-ring (bicyclic) bond motifs is 9. The molecule has 0 radical (unpaired) electrons. The number of alkyl halides is 1. The van der Waals surface area contributed by atoms with Crippen molar-refractivity contribution in [1.29, 1.82) is 0 Å². The van der Waals surface area contributed by atoms with E-state index < -0.39 is 43.4 Å². The van der Waals surface area contributed by atoms with Gasteiger partial charge in [0.25, 0.3) is 5.91 Å². The number of hydrogen-bond acceptors (Lipinski definition) is 18. The zero-order valence-corrected chi connectivity index (χ0v) is 74.2. The first-order valence-corrected chi connectivity index (χ1v) is 48.8. The molecule has 586 valence electrons. The van der Waals surface area contributed by atoms with Crippen LogP contribution in [-0.4, -0.2) is 136 Å². The molecule has 2 aliphatic heterocycles. The van der Waals surface area contributed by atoms with Gasteiger partial charge < -0.3 is 54.0 Å². The Bertz CT molecular complexity index is 4180. The van der Waals surface area contributed by atoms with E-state index in [4.69, 9.17) is 80.5 Å². The number of aliphatic hydroxyl groups is 2. The van der Waals surface area contributed by atoms with Gasteiger partial charge in [-0.05, 0) is 235 Å². The summed E-state index contributed by atoms with van der Waals surface area (Å²) in [6.45, 7) is 3.31. The average molecular weight is 1920 g/mol. The van der Waals surface area contributed by atoms with Crippen molar-refractivity contribution in [2.45, 2.75) is 156 Å². The van der Waals surface area contributed by atoms with Gasteiger partial charge in [0.2, 0.25) is 0 Å². The molecule has 0 bridgehead atoms. The molecule has 108 heavy (non-hydrogen) atoms. The van der Waals surface area contributed by atoms with Gasteiger partial charge in [0, 0.05) is 43.2 Å². The first-order valence-electron chi connectivity index (χ1n) is 32.3. The number of carbonyl (C=O) groups excluding carboxylic acids is 4. The number of aryl methyl sites for hydroxylation is 5. The summed E-state index contributed by atoms with van der Waals surface area (Å²) < 4.78 is 63.8. The number of Topliss-reactive ketones (excluding diaryl/α,β-unsaturated/α-hetero) is 2. The van der Waals surface area contributed by atoms with Crippen LogP contribution in [0.2, 0.25) is 0 Å². The average Bonchev–Trinajstić information content (AvgIpc) is 1.59. The predicted molar refractivity (Wildman–Crippen MR) is 429 cm³/mol. The van der Waals surface area contributed by atoms with E-state index in [-0.39, 0.29) is 109 Å². The molecule has 4 atom stereocenters. The van der Waals surface area contributed by atoms with E-state index in [9.17, 15) is 24.3 Å². The summed E-state index contributed by atoms with van der Waals surface area (Å²) in [6.07, 6.45) is 17.9. The van der Waals surface area contributed by atoms with Crippen LogP contribution >= 0.6 is 74.0 Å². The number of benzene rings is 7. The molecule has 7 aromatic carbocycles. The third kappa shape index (κ3) is 30.6. The molecule has 2 unspecified atom stereocenters. The van der Waals surface area contributed by atoms with Gasteiger partial charge in [-0.3, -0.25) is 14.4 Å². The minimum absolute atomic E-state index is 0. The van der Waals surface area contributed by atoms with E-state index in [1.807, 2.05) is 84.9 Å². The van der Waals surface area contributed by atoms with Crippen LogP contribution in [0, 0.1) is 0 Å². The van der Waals surface area contributed by atoms with E-state index in [1.165, 1.54) is 86.1 Å². The number of imide groups is 1. The van der Waals surface area contributed by atoms with E-state index in [1.54, 1.807) is 62.6 Å². The quantitative estimate of drug-likeness (QED) is 0.0458. The molecule has 0 spiro atoms. The van der Waals surface area contributed by atoms with Crippen molar-refractivity contribution in [2.75, 3.05) is 49.8 Å². The molecular weight excluding hydrogens is 1820 g/mol. The number of carbonyl (C=O) groups is 4. The fourth-order valence-corrected chi connectivity index (χ4v) is 13.8. The van der Waals surface area contributed by atoms with Crippen molar-refractivity contribution in [2.24, 2.45) is 0 Å². The summed E-state index contributed by atoms with van der Waals surface area (Å²) >= 11 is 3.27. The Morgan fingerprint density at radius 2 is 0.944 bits per heavy atom. The van der Waals surface area contributed by atoms with Crippen LogP contribution in [0.1, 0.15) is 158 Å². The normalized spacial score (nSPS) is 16.8. The standard InChI is InChI=1S/C10H11BrO2.3C10H10O2.C10H12O.C10H10O.C9H10O.C5H6Br2N2O2.CH4O.4CH4.3ClH.Cr.In.K.H2O.3O/c1-13-7-2-3-8-6(4-7)5-9(11)10(8)12;1-11-7-2-3-8-6(4-7)5-9-10(8)12-9;1-12-8-3-4-9-7(6-8)2-5-10(9)11;1-12-10-3-2-7-4-9(11)5-8(7)6-10;2*1-11-10-6-5-8-3-2-4-9(8)7-10;10-9-5-4-7-2-1-3-8(7)6-9;1-5(2)3(10)8(6)4(11)9(5)7;1-2;;;;;;;;;;;;;;/h2-4,9-10,12H,5H2,1H3;2-4,9-10H,5H2,1H3;3-4,6H,2,5H2,1H3;2-3,6H,4-5H2,1H3;5-7H,2-4H2,1H3;2-3,5-7H,4H2,1H3;4-6,10H,1-3H2;1-2H3;2H,1H3;4*1H4;3*1H;;;;1H2;;;/q;;;;;;;;;;;;;;;;;+3;+1;;;;/p-4/t9-,10-;;;;;;;;;;;;;;;;;;;;;;/m0....................../s1. The van der Waals surface area contributed by atoms with Gasteiger partial charge in [-0.1, -0.05) is 94.2 Å².